The summed E-state index contributed by atoms with van der Waals surface area (Å²) >= 11 is 0. The molecule has 0 radical (unpaired) electrons. The molecule has 0 amide bonds. The van der Waals surface area contributed by atoms with Crippen LogP contribution in [0.1, 0.15) is 6.42 Å². The predicted molar refractivity (Wildman–Crippen MR) is 39.8 cm³/mol. The van der Waals surface area contributed by atoms with Crippen LogP contribution in [0.25, 0.3) is 0 Å². The van der Waals surface area contributed by atoms with Crippen molar-refractivity contribution >= 4 is 21.2 Å². The Hall–Kier alpha value is 0.394. The highest BCUT2D eigenvalue weighted by molar-refractivity contribution is 6.08. The quantitative estimate of drug-likeness (QED) is 0.407. The van der Waals surface area contributed by atoms with E-state index in [9.17, 15) is 0 Å². The van der Waals surface area contributed by atoms with Crippen LogP contribution in [0.5, 0.6) is 0 Å². The van der Waals surface area contributed by atoms with E-state index < -0.39 is 0 Å². The lowest BCUT2D eigenvalue weighted by molar-refractivity contribution is 0.930. The monoisotopic (exact) mass is 121 g/mol. The van der Waals surface area contributed by atoms with Crippen molar-refractivity contribution in [2.45, 2.75) is 12.5 Å². The average Bonchev–Trinajstić information content (AvgIpc) is 1.41. The van der Waals surface area contributed by atoms with Crippen LogP contribution in [-0.4, -0.2) is 27.8 Å². The van der Waals surface area contributed by atoms with Gasteiger partial charge >= 0.3 is 0 Å². The first kappa shape index (κ1) is 9.64. The number of rotatable bonds is 2. The van der Waals surface area contributed by atoms with Gasteiger partial charge in [0.1, 0.15) is 0 Å². The lowest BCUT2D eigenvalue weighted by Gasteiger charge is -1.80. The molecule has 40 valence electrons. The van der Waals surface area contributed by atoms with Crippen molar-refractivity contribution in [2.24, 2.45) is 5.73 Å². The van der Waals surface area contributed by atoms with Crippen LogP contribution in [0.15, 0.2) is 0 Å². The Bertz CT molecular complexity index is 16.3. The van der Waals surface area contributed by atoms with E-state index in [4.69, 9.17) is 5.73 Å². The van der Waals surface area contributed by atoms with Gasteiger partial charge < -0.3 is 5.73 Å². The van der Waals surface area contributed by atoms with Crippen LogP contribution in [0, 0.1) is 0 Å². The fourth-order valence-corrected chi connectivity index (χ4v) is 0.612. The zero-order valence-electron chi connectivity index (χ0n) is 3.70. The molecule has 0 saturated carbocycles. The molecule has 0 aromatic rings. The Kier molecular flexibility index (Phi) is 14.5. The van der Waals surface area contributed by atoms with Gasteiger partial charge in [-0.2, -0.15) is 0 Å². The predicted octanol–water partition coefficient (Wildman–Crippen LogP) is -2.33. The molecule has 6 heavy (non-hydrogen) atoms. The van der Waals surface area contributed by atoms with E-state index in [-0.39, 0.29) is 11.0 Å². The van der Waals surface area contributed by atoms with E-state index >= 15 is 0 Å². The number of hydrogen-bond donors (Lipinski definition) is 1. The van der Waals surface area contributed by atoms with Crippen molar-refractivity contribution < 1.29 is 0 Å². The molecule has 0 saturated heterocycles. The summed E-state index contributed by atoms with van der Waals surface area (Å²) < 4.78 is 0. The molecule has 0 heterocycles. The van der Waals surface area contributed by atoms with Crippen LogP contribution >= 0.6 is 0 Å². The molecule has 0 atom stereocenters. The van der Waals surface area contributed by atoms with E-state index in [1.165, 1.54) is 22.7 Å². The van der Waals surface area contributed by atoms with Gasteiger partial charge in [-0.15, -0.1) is 0 Å². The summed E-state index contributed by atoms with van der Waals surface area (Å²) in [4.78, 5) is 0. The maximum atomic E-state index is 5.16. The molecule has 0 unspecified atom stereocenters. The smallest absolute Gasteiger partial charge is 0.00286 e. The molecule has 0 aliphatic heterocycles. The third-order valence-corrected chi connectivity index (χ3v) is 1.26. The number of hydrogen-bond acceptors (Lipinski definition) is 1. The van der Waals surface area contributed by atoms with Gasteiger partial charge in [-0.1, -0.05) is 6.04 Å². The second-order valence-corrected chi connectivity index (χ2v) is 2.14. The van der Waals surface area contributed by atoms with Crippen molar-refractivity contribution in [1.29, 1.82) is 0 Å². The van der Waals surface area contributed by atoms with Crippen molar-refractivity contribution in [3.8, 4) is 0 Å². The van der Waals surface area contributed by atoms with Gasteiger partial charge in [-0.25, -0.2) is 0 Å². The Labute approximate surface area is 46.8 Å². The molecule has 2 N–H and O–H groups in total. The fraction of sp³-hybridized carbons (Fsp3) is 1.00. The SMILES string of the molecule is NCCC[SiH3].[SiH4]. The van der Waals surface area contributed by atoms with Crippen LogP contribution in [-0.2, 0) is 0 Å². The van der Waals surface area contributed by atoms with Crippen molar-refractivity contribution in [1.82, 2.24) is 0 Å². The Morgan fingerprint density at radius 3 is 2.00 bits per heavy atom. The summed E-state index contributed by atoms with van der Waals surface area (Å²) in [5.41, 5.74) is 5.16. The molecular weight excluding hydrogens is 106 g/mol. The molecule has 1 nitrogen and oxygen atoms in total. The summed E-state index contributed by atoms with van der Waals surface area (Å²) in [7, 11) is 1.32. The van der Waals surface area contributed by atoms with Crippen LogP contribution in [0.2, 0.25) is 6.04 Å². The molecule has 0 aliphatic carbocycles. The van der Waals surface area contributed by atoms with E-state index in [0.29, 0.717) is 0 Å². The van der Waals surface area contributed by atoms with E-state index in [2.05, 4.69) is 0 Å². The van der Waals surface area contributed by atoms with E-state index in [1.807, 2.05) is 0 Å². The maximum Gasteiger partial charge on any atom is 0.00286 e. The minimum atomic E-state index is 0. The zero-order chi connectivity index (χ0) is 4.12. The van der Waals surface area contributed by atoms with Gasteiger partial charge in [0, 0.05) is 10.2 Å². The minimum absolute atomic E-state index is 0. The highest BCUT2D eigenvalue weighted by atomic mass is 28.1. The second kappa shape index (κ2) is 9.04. The summed E-state index contributed by atoms with van der Waals surface area (Å²) in [6, 6.07) is 1.36. The number of nitrogens with two attached hydrogens (primary N) is 1. The molecule has 0 aromatic heterocycles. The maximum absolute atomic E-state index is 5.16. The molecule has 0 rings (SSSR count). The highest BCUT2D eigenvalue weighted by Gasteiger charge is 1.68. The van der Waals surface area contributed by atoms with Crippen molar-refractivity contribution in [2.75, 3.05) is 6.54 Å². The van der Waals surface area contributed by atoms with Crippen molar-refractivity contribution in [3.05, 3.63) is 0 Å². The molecule has 3 heteroatoms. The van der Waals surface area contributed by atoms with E-state index in [0.717, 1.165) is 6.54 Å². The second-order valence-electron chi connectivity index (χ2n) is 1.14. The summed E-state index contributed by atoms with van der Waals surface area (Å²) in [6.45, 7) is 0.878. The summed E-state index contributed by atoms with van der Waals surface area (Å²) in [6.07, 6.45) is 1.23. The van der Waals surface area contributed by atoms with Gasteiger partial charge in [0.2, 0.25) is 0 Å². The average molecular weight is 121 g/mol. The first-order valence-corrected chi connectivity index (χ1v) is 3.53. The molecular formula is C3H15NSi2. The standard InChI is InChI=1S/C3H11NSi.H4Si/c4-2-1-3-5;/h1-4H2,5H3;1H4. The highest BCUT2D eigenvalue weighted by Crippen LogP contribution is 1.74. The third-order valence-electron chi connectivity index (χ3n) is 0.558. The van der Waals surface area contributed by atoms with Gasteiger partial charge in [0.05, 0.1) is 0 Å². The topological polar surface area (TPSA) is 26.0 Å². The normalized spacial score (nSPS) is 7.50. The lowest BCUT2D eigenvalue weighted by atomic mass is 10.5. The van der Waals surface area contributed by atoms with Crippen LogP contribution < -0.4 is 5.73 Å². The van der Waals surface area contributed by atoms with E-state index in [1.54, 1.807) is 0 Å². The Morgan fingerprint density at radius 2 is 2.00 bits per heavy atom. The summed E-state index contributed by atoms with van der Waals surface area (Å²) in [5.74, 6) is 0. The lowest BCUT2D eigenvalue weighted by Crippen LogP contribution is -1.96. The largest absolute Gasteiger partial charge is 0.330 e. The first-order valence-electron chi connectivity index (χ1n) is 2.12. The Balaban J connectivity index is 0. The van der Waals surface area contributed by atoms with Gasteiger partial charge in [0.25, 0.3) is 0 Å². The van der Waals surface area contributed by atoms with Crippen LogP contribution in [0.3, 0.4) is 0 Å². The third kappa shape index (κ3) is 8.83. The molecule has 0 bridgehead atoms. The zero-order valence-corrected chi connectivity index (χ0v) is 5.70. The molecule has 0 aliphatic rings. The first-order chi connectivity index (χ1) is 2.41. The molecule has 0 fully saturated rings. The fourth-order valence-electron chi connectivity index (χ4n) is 0.204. The molecule has 0 aromatic carbocycles. The van der Waals surface area contributed by atoms with Crippen LogP contribution in [0.4, 0.5) is 0 Å². The summed E-state index contributed by atoms with van der Waals surface area (Å²) in [5, 5.41) is 0. The van der Waals surface area contributed by atoms with Gasteiger partial charge in [0.15, 0.2) is 0 Å². The Morgan fingerprint density at radius 1 is 1.50 bits per heavy atom. The van der Waals surface area contributed by atoms with Gasteiger partial charge in [-0.3, -0.25) is 0 Å². The van der Waals surface area contributed by atoms with Crippen molar-refractivity contribution in [3.63, 3.8) is 0 Å². The molecule has 0 spiro atoms. The minimum Gasteiger partial charge on any atom is -0.330 e. The van der Waals surface area contributed by atoms with Gasteiger partial charge in [-0.05, 0) is 23.9 Å².